The van der Waals surface area contributed by atoms with Crippen molar-refractivity contribution < 1.29 is 13.9 Å². The molecule has 21 heavy (non-hydrogen) atoms. The monoisotopic (exact) mass is 313 g/mol. The van der Waals surface area contributed by atoms with Gasteiger partial charge in [-0.2, -0.15) is 16.9 Å². The van der Waals surface area contributed by atoms with Crippen LogP contribution in [0.25, 0.3) is 0 Å². The summed E-state index contributed by atoms with van der Waals surface area (Å²) in [5.74, 6) is -0.666. The van der Waals surface area contributed by atoms with Crippen LogP contribution < -0.4 is 0 Å². The topological polar surface area (TPSA) is 50.9 Å². The molecule has 0 radical (unpaired) electrons. The van der Waals surface area contributed by atoms with Crippen LogP contribution in [0.5, 0.6) is 0 Å². The normalized spacial score (nSPS) is 15.7. The first-order chi connectivity index (χ1) is 9.97. The lowest BCUT2D eigenvalue weighted by Gasteiger charge is -2.34. The highest BCUT2D eigenvalue weighted by molar-refractivity contribution is 7.99. The van der Waals surface area contributed by atoms with E-state index < -0.39 is 17.2 Å². The molecular weight excluding hydrogens is 296 g/mol. The van der Waals surface area contributed by atoms with E-state index in [1.807, 2.05) is 13.8 Å². The van der Waals surface area contributed by atoms with Crippen LogP contribution in [0.15, 0.2) is 30.9 Å². The summed E-state index contributed by atoms with van der Waals surface area (Å²) >= 11 is 1.50. The van der Waals surface area contributed by atoms with Gasteiger partial charge in [-0.1, -0.05) is 19.9 Å². The van der Waals surface area contributed by atoms with Gasteiger partial charge in [0.15, 0.2) is 0 Å². The SMILES string of the molecule is CCS[C@H](C)[C@](O)(Cn1cncn1)c1ccc(F)cc1F. The zero-order valence-electron chi connectivity index (χ0n) is 11.8. The second-order valence-electron chi connectivity index (χ2n) is 4.74. The standard InChI is InChI=1S/C14H17F2N3OS/c1-3-21-10(2)14(20,7-19-9-17-8-18-19)12-5-4-11(15)6-13(12)16/h4-6,8-10,20H,3,7H2,1-2H3/t10-,14-/m1/s1. The minimum Gasteiger partial charge on any atom is -0.382 e. The Morgan fingerprint density at radius 1 is 1.43 bits per heavy atom. The van der Waals surface area contributed by atoms with Crippen molar-refractivity contribution in [3.63, 3.8) is 0 Å². The van der Waals surface area contributed by atoms with Gasteiger partial charge in [-0.25, -0.2) is 18.4 Å². The van der Waals surface area contributed by atoms with E-state index in [-0.39, 0.29) is 17.4 Å². The lowest BCUT2D eigenvalue weighted by Crippen LogP contribution is -2.41. The molecule has 0 bridgehead atoms. The lowest BCUT2D eigenvalue weighted by atomic mass is 9.90. The van der Waals surface area contributed by atoms with Crippen LogP contribution in [0, 0.1) is 11.6 Å². The Bertz CT molecular complexity index is 594. The van der Waals surface area contributed by atoms with E-state index in [0.29, 0.717) is 0 Å². The number of rotatable bonds is 6. The molecule has 1 N–H and O–H groups in total. The first-order valence-corrected chi connectivity index (χ1v) is 7.64. The molecular formula is C14H17F2N3OS. The van der Waals surface area contributed by atoms with E-state index >= 15 is 0 Å². The lowest BCUT2D eigenvalue weighted by molar-refractivity contribution is 0.0133. The fourth-order valence-corrected chi connectivity index (χ4v) is 3.20. The highest BCUT2D eigenvalue weighted by Crippen LogP contribution is 2.35. The molecule has 0 amide bonds. The van der Waals surface area contributed by atoms with Gasteiger partial charge in [0.25, 0.3) is 0 Å². The summed E-state index contributed by atoms with van der Waals surface area (Å²) in [6.07, 6.45) is 2.80. The van der Waals surface area contributed by atoms with Crippen LogP contribution in [0.3, 0.4) is 0 Å². The van der Waals surface area contributed by atoms with Crippen LogP contribution in [0.4, 0.5) is 8.78 Å². The van der Waals surface area contributed by atoms with Gasteiger partial charge >= 0.3 is 0 Å². The first-order valence-electron chi connectivity index (χ1n) is 6.59. The number of hydrogen-bond donors (Lipinski definition) is 1. The van der Waals surface area contributed by atoms with Crippen LogP contribution in [0.2, 0.25) is 0 Å². The van der Waals surface area contributed by atoms with Crippen molar-refractivity contribution in [3.05, 3.63) is 48.1 Å². The molecule has 2 aromatic rings. The van der Waals surface area contributed by atoms with Gasteiger partial charge < -0.3 is 5.11 Å². The summed E-state index contributed by atoms with van der Waals surface area (Å²) in [6.45, 7) is 3.82. The summed E-state index contributed by atoms with van der Waals surface area (Å²) in [7, 11) is 0. The van der Waals surface area contributed by atoms with Crippen LogP contribution in [0.1, 0.15) is 19.4 Å². The number of aliphatic hydroxyl groups is 1. The van der Waals surface area contributed by atoms with Gasteiger partial charge in [-0.15, -0.1) is 0 Å². The first kappa shape index (κ1) is 15.9. The van der Waals surface area contributed by atoms with E-state index in [2.05, 4.69) is 10.1 Å². The summed E-state index contributed by atoms with van der Waals surface area (Å²) in [5, 5.41) is 14.7. The molecule has 1 aromatic carbocycles. The van der Waals surface area contributed by atoms with Gasteiger partial charge in [0.2, 0.25) is 0 Å². The number of halogens is 2. The molecule has 0 fully saturated rings. The van der Waals surface area contributed by atoms with E-state index in [9.17, 15) is 13.9 Å². The molecule has 1 heterocycles. The third kappa shape index (κ3) is 3.41. The summed E-state index contributed by atoms with van der Waals surface area (Å²) in [5.41, 5.74) is -1.44. The minimum absolute atomic E-state index is 0.0454. The molecule has 0 spiro atoms. The van der Waals surface area contributed by atoms with Gasteiger partial charge in [-0.3, -0.25) is 0 Å². The molecule has 2 rings (SSSR count). The average molecular weight is 313 g/mol. The van der Waals surface area contributed by atoms with Gasteiger partial charge in [0.1, 0.15) is 29.9 Å². The maximum Gasteiger partial charge on any atom is 0.137 e. The van der Waals surface area contributed by atoms with E-state index in [4.69, 9.17) is 0 Å². The Hall–Kier alpha value is -1.47. The molecule has 0 saturated carbocycles. The number of hydrogen-bond acceptors (Lipinski definition) is 4. The second kappa shape index (κ2) is 6.53. The largest absolute Gasteiger partial charge is 0.382 e. The zero-order valence-corrected chi connectivity index (χ0v) is 12.6. The van der Waals surface area contributed by atoms with Gasteiger partial charge in [0.05, 0.1) is 6.54 Å². The molecule has 2 atom stereocenters. The zero-order chi connectivity index (χ0) is 15.5. The molecule has 0 saturated heterocycles. The highest BCUT2D eigenvalue weighted by atomic mass is 32.2. The Labute approximate surface area is 126 Å². The number of nitrogens with zero attached hydrogens (tertiary/aromatic N) is 3. The van der Waals surface area contributed by atoms with Crippen LogP contribution in [-0.4, -0.2) is 30.9 Å². The van der Waals surface area contributed by atoms with Crippen molar-refractivity contribution in [2.24, 2.45) is 0 Å². The summed E-state index contributed by atoms with van der Waals surface area (Å²) in [4.78, 5) is 3.82. The Morgan fingerprint density at radius 3 is 2.76 bits per heavy atom. The predicted octanol–water partition coefficient (Wildman–Crippen LogP) is 2.59. The maximum atomic E-state index is 14.1. The minimum atomic E-state index is -1.51. The number of thioether (sulfide) groups is 1. The Balaban J connectivity index is 2.43. The smallest absolute Gasteiger partial charge is 0.137 e. The van der Waals surface area contributed by atoms with Crippen molar-refractivity contribution >= 4 is 11.8 Å². The highest BCUT2D eigenvalue weighted by Gasteiger charge is 2.39. The van der Waals surface area contributed by atoms with Crippen LogP contribution in [-0.2, 0) is 12.1 Å². The van der Waals surface area contributed by atoms with Crippen molar-refractivity contribution in [3.8, 4) is 0 Å². The molecule has 0 aliphatic carbocycles. The van der Waals surface area contributed by atoms with Gasteiger partial charge in [0, 0.05) is 16.9 Å². The fourth-order valence-electron chi connectivity index (χ4n) is 2.22. The van der Waals surface area contributed by atoms with Crippen molar-refractivity contribution in [2.75, 3.05) is 5.75 Å². The van der Waals surface area contributed by atoms with Gasteiger partial charge in [-0.05, 0) is 11.8 Å². The fraction of sp³-hybridized carbons (Fsp3) is 0.429. The van der Waals surface area contributed by atoms with Crippen LogP contribution >= 0.6 is 11.8 Å². The molecule has 0 aliphatic rings. The predicted molar refractivity (Wildman–Crippen MR) is 77.9 cm³/mol. The molecule has 114 valence electrons. The summed E-state index contributed by atoms with van der Waals surface area (Å²) in [6, 6.07) is 3.22. The number of benzene rings is 1. The second-order valence-corrected chi connectivity index (χ2v) is 6.36. The van der Waals surface area contributed by atoms with Crippen molar-refractivity contribution in [1.29, 1.82) is 0 Å². The third-order valence-corrected chi connectivity index (χ3v) is 4.58. The van der Waals surface area contributed by atoms with E-state index in [1.165, 1.54) is 35.2 Å². The molecule has 0 aliphatic heterocycles. The molecule has 7 heteroatoms. The Morgan fingerprint density at radius 2 is 2.19 bits per heavy atom. The summed E-state index contributed by atoms with van der Waals surface area (Å²) < 4.78 is 28.7. The molecule has 4 nitrogen and oxygen atoms in total. The average Bonchev–Trinajstić information content (AvgIpc) is 2.91. The Kier molecular flexibility index (Phi) is 4.95. The quantitative estimate of drug-likeness (QED) is 0.890. The van der Waals surface area contributed by atoms with Crippen molar-refractivity contribution in [2.45, 2.75) is 31.2 Å². The van der Waals surface area contributed by atoms with Crippen molar-refractivity contribution in [1.82, 2.24) is 14.8 Å². The number of aromatic nitrogens is 3. The van der Waals surface area contributed by atoms with E-state index in [1.54, 1.807) is 0 Å². The third-order valence-electron chi connectivity index (χ3n) is 3.36. The maximum absolute atomic E-state index is 14.1. The van der Waals surface area contributed by atoms with E-state index in [0.717, 1.165) is 17.9 Å². The molecule has 1 aromatic heterocycles. The molecule has 0 unspecified atom stereocenters.